The van der Waals surface area contributed by atoms with Gasteiger partial charge < -0.3 is 0 Å². The highest BCUT2D eigenvalue weighted by atomic mass is 127. The van der Waals surface area contributed by atoms with Crippen molar-refractivity contribution in [2.45, 2.75) is 19.8 Å². The van der Waals surface area contributed by atoms with Gasteiger partial charge >= 0.3 is 0 Å². The summed E-state index contributed by atoms with van der Waals surface area (Å²) in [5, 5.41) is 3.03. The van der Waals surface area contributed by atoms with Crippen molar-refractivity contribution in [1.82, 2.24) is 0 Å². The first-order chi connectivity index (χ1) is 5.66. The summed E-state index contributed by atoms with van der Waals surface area (Å²) in [5.41, 5.74) is 1.62. The van der Waals surface area contributed by atoms with E-state index in [1.807, 2.05) is 18.2 Å². The number of benzene rings is 1. The van der Waals surface area contributed by atoms with E-state index >= 15 is 0 Å². The number of hydrogen-bond acceptors (Lipinski definition) is 2. The number of hydrogen-bond donors (Lipinski definition) is 0. The molecule has 0 saturated heterocycles. The summed E-state index contributed by atoms with van der Waals surface area (Å²) in [6.07, 6.45) is 0. The highest BCUT2D eigenvalue weighted by Gasteiger charge is 2.09. The molecule has 0 N–H and O–H groups in total. The summed E-state index contributed by atoms with van der Waals surface area (Å²) < 4.78 is 0.925. The summed E-state index contributed by atoms with van der Waals surface area (Å²) in [5.74, 6) is 0.354. The maximum atomic E-state index is 10.5. The molecule has 1 rings (SSSR count). The monoisotopic (exact) mass is 275 g/mol. The van der Waals surface area contributed by atoms with Crippen molar-refractivity contribution in [3.8, 4) is 0 Å². The molecule has 3 heteroatoms. The van der Waals surface area contributed by atoms with Crippen LogP contribution in [0.15, 0.2) is 23.4 Å². The van der Waals surface area contributed by atoms with Gasteiger partial charge in [0, 0.05) is 3.57 Å². The predicted molar refractivity (Wildman–Crippen MR) is 58.7 cm³/mol. The third kappa shape index (κ3) is 1.83. The summed E-state index contributed by atoms with van der Waals surface area (Å²) in [6, 6.07) is 5.79. The van der Waals surface area contributed by atoms with Gasteiger partial charge in [0.25, 0.3) is 0 Å². The van der Waals surface area contributed by atoms with Crippen molar-refractivity contribution in [2.24, 2.45) is 5.18 Å². The van der Waals surface area contributed by atoms with Gasteiger partial charge in [0.15, 0.2) is 0 Å². The fraction of sp³-hybridized carbons (Fsp3) is 0.333. The number of nitroso groups, excluding NO2 is 1. The minimum atomic E-state index is 0.354. The zero-order chi connectivity index (χ0) is 9.14. The molecule has 0 saturated carbocycles. The molecule has 0 fully saturated rings. The van der Waals surface area contributed by atoms with Gasteiger partial charge in [-0.05, 0) is 45.3 Å². The van der Waals surface area contributed by atoms with Crippen molar-refractivity contribution >= 4 is 28.3 Å². The number of halogens is 1. The van der Waals surface area contributed by atoms with Crippen molar-refractivity contribution in [3.63, 3.8) is 0 Å². The smallest absolute Gasteiger partial charge is 0.124 e. The fourth-order valence-electron chi connectivity index (χ4n) is 1.09. The molecule has 0 unspecified atom stereocenters. The van der Waals surface area contributed by atoms with Crippen LogP contribution in [0.25, 0.3) is 0 Å². The number of nitrogens with zero attached hydrogens (tertiary/aromatic N) is 1. The molecule has 0 atom stereocenters. The van der Waals surface area contributed by atoms with Crippen LogP contribution in [0.2, 0.25) is 0 Å². The van der Waals surface area contributed by atoms with Crippen LogP contribution in [0.4, 0.5) is 5.69 Å². The lowest BCUT2D eigenvalue weighted by atomic mass is 10.0. The van der Waals surface area contributed by atoms with E-state index in [2.05, 4.69) is 41.6 Å². The zero-order valence-electron chi connectivity index (χ0n) is 7.04. The van der Waals surface area contributed by atoms with Gasteiger partial charge in [-0.1, -0.05) is 26.0 Å². The second kappa shape index (κ2) is 3.98. The molecule has 2 nitrogen and oxygen atoms in total. The lowest BCUT2D eigenvalue weighted by Crippen LogP contribution is -1.88. The fourth-order valence-corrected chi connectivity index (χ4v) is 1.71. The van der Waals surface area contributed by atoms with Crippen LogP contribution < -0.4 is 0 Å². The highest BCUT2D eigenvalue weighted by molar-refractivity contribution is 14.1. The third-order valence-corrected chi connectivity index (χ3v) is 2.60. The summed E-state index contributed by atoms with van der Waals surface area (Å²) in [7, 11) is 0. The molecule has 0 aromatic heterocycles. The Kier molecular flexibility index (Phi) is 3.20. The second-order valence-electron chi connectivity index (χ2n) is 2.92. The normalized spacial score (nSPS) is 10.3. The molecule has 0 aliphatic rings. The van der Waals surface area contributed by atoms with Crippen molar-refractivity contribution in [3.05, 3.63) is 32.2 Å². The van der Waals surface area contributed by atoms with Crippen molar-refractivity contribution in [1.29, 1.82) is 0 Å². The topological polar surface area (TPSA) is 29.4 Å². The van der Waals surface area contributed by atoms with E-state index in [-0.39, 0.29) is 0 Å². The highest BCUT2D eigenvalue weighted by Crippen LogP contribution is 2.30. The zero-order valence-corrected chi connectivity index (χ0v) is 9.20. The number of rotatable bonds is 2. The first-order valence-corrected chi connectivity index (χ1v) is 4.86. The van der Waals surface area contributed by atoms with Gasteiger partial charge in [0.2, 0.25) is 0 Å². The maximum absolute atomic E-state index is 10.5. The Bertz CT molecular complexity index is 297. The van der Waals surface area contributed by atoms with E-state index in [1.54, 1.807) is 0 Å². The first kappa shape index (κ1) is 9.64. The second-order valence-corrected chi connectivity index (χ2v) is 4.09. The van der Waals surface area contributed by atoms with Crippen LogP contribution in [-0.2, 0) is 0 Å². The molecule has 64 valence electrons. The Morgan fingerprint density at radius 3 is 2.50 bits per heavy atom. The molecular weight excluding hydrogens is 265 g/mol. The van der Waals surface area contributed by atoms with Gasteiger partial charge in [-0.15, -0.1) is 4.91 Å². The van der Waals surface area contributed by atoms with Gasteiger partial charge in [-0.2, -0.15) is 0 Å². The van der Waals surface area contributed by atoms with Crippen LogP contribution in [0, 0.1) is 8.48 Å². The van der Waals surface area contributed by atoms with Gasteiger partial charge in [0.05, 0.1) is 0 Å². The molecular formula is C9H10INO. The Balaban J connectivity index is 3.27. The molecule has 0 radical (unpaired) electrons. The van der Waals surface area contributed by atoms with Crippen molar-refractivity contribution in [2.75, 3.05) is 0 Å². The lowest BCUT2D eigenvalue weighted by Gasteiger charge is -2.07. The van der Waals surface area contributed by atoms with Crippen LogP contribution in [0.1, 0.15) is 25.3 Å². The van der Waals surface area contributed by atoms with E-state index < -0.39 is 0 Å². The summed E-state index contributed by atoms with van der Waals surface area (Å²) in [4.78, 5) is 10.5. The summed E-state index contributed by atoms with van der Waals surface area (Å²) >= 11 is 2.13. The van der Waals surface area contributed by atoms with E-state index in [0.717, 1.165) is 9.13 Å². The van der Waals surface area contributed by atoms with Crippen molar-refractivity contribution < 1.29 is 0 Å². The van der Waals surface area contributed by atoms with E-state index in [1.165, 1.54) is 0 Å². The van der Waals surface area contributed by atoms with Crippen LogP contribution in [-0.4, -0.2) is 0 Å². The molecule has 0 aliphatic heterocycles. The lowest BCUT2D eigenvalue weighted by molar-refractivity contribution is 0.865. The molecule has 12 heavy (non-hydrogen) atoms. The summed E-state index contributed by atoms with van der Waals surface area (Å²) in [6.45, 7) is 4.11. The van der Waals surface area contributed by atoms with E-state index in [4.69, 9.17) is 0 Å². The molecule has 1 aromatic rings. The quantitative estimate of drug-likeness (QED) is 0.596. The Morgan fingerprint density at radius 2 is 2.08 bits per heavy atom. The molecule has 0 spiro atoms. The molecule has 0 amide bonds. The molecule has 0 heterocycles. The predicted octanol–water partition coefficient (Wildman–Crippen LogP) is 3.81. The first-order valence-electron chi connectivity index (χ1n) is 3.78. The average molecular weight is 275 g/mol. The largest absolute Gasteiger partial charge is 0.145 e. The maximum Gasteiger partial charge on any atom is 0.124 e. The van der Waals surface area contributed by atoms with E-state index in [9.17, 15) is 4.91 Å². The van der Waals surface area contributed by atoms with Crippen LogP contribution in [0.5, 0.6) is 0 Å². The molecule has 1 aromatic carbocycles. The van der Waals surface area contributed by atoms with Gasteiger partial charge in [-0.3, -0.25) is 0 Å². The minimum Gasteiger partial charge on any atom is -0.145 e. The SMILES string of the molecule is CC(C)c1cccc(I)c1N=O. The van der Waals surface area contributed by atoms with E-state index in [0.29, 0.717) is 11.6 Å². The van der Waals surface area contributed by atoms with Gasteiger partial charge in [0.1, 0.15) is 5.69 Å². The van der Waals surface area contributed by atoms with Gasteiger partial charge in [-0.25, -0.2) is 0 Å². The standard InChI is InChI=1S/C9H10INO/c1-6(2)7-4-3-5-8(10)9(7)11-12/h3-6H,1-2H3. The molecule has 0 aliphatic carbocycles. The Morgan fingerprint density at radius 1 is 1.42 bits per heavy atom. The Labute approximate surface area is 85.5 Å². The van der Waals surface area contributed by atoms with Crippen LogP contribution >= 0.6 is 22.6 Å². The van der Waals surface area contributed by atoms with Crippen LogP contribution in [0.3, 0.4) is 0 Å². The molecule has 0 bridgehead atoms. The Hall–Kier alpha value is -0.450. The third-order valence-electron chi connectivity index (χ3n) is 1.73. The average Bonchev–Trinajstić information content (AvgIpc) is 2.03. The minimum absolute atomic E-state index is 0.354.